The summed E-state index contributed by atoms with van der Waals surface area (Å²) in [6.45, 7) is 4.72. The third kappa shape index (κ3) is 5.19. The number of rotatable bonds is 5. The van der Waals surface area contributed by atoms with Gasteiger partial charge in [0, 0.05) is 69.5 Å². The molecule has 1 amide bonds. The number of ether oxygens (including phenoxy) is 1. The second kappa shape index (κ2) is 9.81. The van der Waals surface area contributed by atoms with Crippen LogP contribution in [0.3, 0.4) is 0 Å². The SMILES string of the molecule is O=C(O)CN1CCN(C(=O)C2CN(C3CCOCC3)C[C@H]2c2ccc(Cl)cc2F)CC1. The molecular formula is C22H29ClFN3O4. The standard InChI is InChI=1S/C22H29ClFN3O4/c23-15-1-2-17(20(24)11-15)18-12-27(16-3-9-31-10-4-16)13-19(18)22(30)26-7-5-25(6-8-26)14-21(28)29/h1-2,11,16,18-19H,3-10,12-14H2,(H,28,29)/t18-,19?/m0/s1. The van der Waals surface area contributed by atoms with Gasteiger partial charge in [0.25, 0.3) is 0 Å². The van der Waals surface area contributed by atoms with E-state index in [0.717, 1.165) is 12.8 Å². The number of carboxylic acids is 1. The molecule has 4 rings (SSSR count). The highest BCUT2D eigenvalue weighted by Gasteiger charge is 2.44. The van der Waals surface area contributed by atoms with E-state index in [1.165, 1.54) is 6.07 Å². The summed E-state index contributed by atoms with van der Waals surface area (Å²) in [5.74, 6) is -1.76. The first kappa shape index (κ1) is 22.5. The average molecular weight is 454 g/mol. The number of nitrogens with zero attached hydrogens (tertiary/aromatic N) is 3. The van der Waals surface area contributed by atoms with E-state index in [2.05, 4.69) is 4.90 Å². The molecule has 3 fully saturated rings. The van der Waals surface area contributed by atoms with Crippen LogP contribution in [0.25, 0.3) is 0 Å². The van der Waals surface area contributed by atoms with Crippen molar-refractivity contribution in [1.82, 2.24) is 14.7 Å². The molecule has 1 aromatic rings. The van der Waals surface area contributed by atoms with E-state index in [1.807, 2.05) is 9.80 Å². The summed E-state index contributed by atoms with van der Waals surface area (Å²) in [4.78, 5) is 30.4. The van der Waals surface area contributed by atoms with Crippen LogP contribution >= 0.6 is 11.6 Å². The summed E-state index contributed by atoms with van der Waals surface area (Å²) in [6.07, 6.45) is 1.84. The Morgan fingerprint density at radius 1 is 1.13 bits per heavy atom. The number of carbonyl (C=O) groups excluding carboxylic acids is 1. The third-order valence-corrected chi connectivity index (χ3v) is 7.01. The Labute approximate surface area is 186 Å². The van der Waals surface area contributed by atoms with E-state index < -0.39 is 5.97 Å². The first-order chi connectivity index (χ1) is 14.9. The van der Waals surface area contributed by atoms with E-state index in [-0.39, 0.29) is 30.1 Å². The van der Waals surface area contributed by atoms with Crippen molar-refractivity contribution in [2.24, 2.45) is 5.92 Å². The van der Waals surface area contributed by atoms with Crippen molar-refractivity contribution in [3.63, 3.8) is 0 Å². The first-order valence-corrected chi connectivity index (χ1v) is 11.3. The minimum atomic E-state index is -0.860. The molecule has 1 aromatic carbocycles. The normalized spacial score (nSPS) is 26.3. The van der Waals surface area contributed by atoms with Crippen molar-refractivity contribution in [1.29, 1.82) is 0 Å². The topological polar surface area (TPSA) is 73.3 Å². The number of hydrogen-bond donors (Lipinski definition) is 1. The van der Waals surface area contributed by atoms with Gasteiger partial charge in [0.1, 0.15) is 5.82 Å². The fourth-order valence-electron chi connectivity index (χ4n) is 5.10. The minimum absolute atomic E-state index is 0.0123. The van der Waals surface area contributed by atoms with E-state index in [0.29, 0.717) is 69.1 Å². The van der Waals surface area contributed by atoms with Crippen molar-refractivity contribution in [3.05, 3.63) is 34.6 Å². The van der Waals surface area contributed by atoms with Crippen LogP contribution < -0.4 is 0 Å². The van der Waals surface area contributed by atoms with Gasteiger partial charge in [-0.15, -0.1) is 0 Å². The molecule has 1 unspecified atom stereocenters. The van der Waals surface area contributed by atoms with Gasteiger partial charge in [0.15, 0.2) is 0 Å². The van der Waals surface area contributed by atoms with Crippen LogP contribution in [-0.2, 0) is 14.3 Å². The summed E-state index contributed by atoms with van der Waals surface area (Å²) >= 11 is 5.96. The minimum Gasteiger partial charge on any atom is -0.480 e. The van der Waals surface area contributed by atoms with Crippen molar-refractivity contribution in [3.8, 4) is 0 Å². The molecular weight excluding hydrogens is 425 g/mol. The lowest BCUT2D eigenvalue weighted by Gasteiger charge is -2.36. The molecule has 170 valence electrons. The molecule has 3 aliphatic heterocycles. The molecule has 0 radical (unpaired) electrons. The fraction of sp³-hybridized carbons (Fsp3) is 0.636. The first-order valence-electron chi connectivity index (χ1n) is 10.9. The molecule has 0 spiro atoms. The van der Waals surface area contributed by atoms with Crippen LogP contribution in [0.1, 0.15) is 24.3 Å². The van der Waals surface area contributed by atoms with Crippen molar-refractivity contribution in [2.45, 2.75) is 24.8 Å². The summed E-state index contributed by atoms with van der Waals surface area (Å²) < 4.78 is 20.3. The number of hydrogen-bond acceptors (Lipinski definition) is 5. The monoisotopic (exact) mass is 453 g/mol. The second-order valence-corrected chi connectivity index (χ2v) is 9.11. The third-order valence-electron chi connectivity index (χ3n) is 6.78. The Bertz CT molecular complexity index is 812. The smallest absolute Gasteiger partial charge is 0.317 e. The zero-order valence-corrected chi connectivity index (χ0v) is 18.3. The Balaban J connectivity index is 1.51. The Hall–Kier alpha value is -1.74. The van der Waals surface area contributed by atoms with Gasteiger partial charge in [-0.3, -0.25) is 19.4 Å². The molecule has 0 aliphatic carbocycles. The Morgan fingerprint density at radius 3 is 2.48 bits per heavy atom. The van der Waals surface area contributed by atoms with E-state index in [4.69, 9.17) is 21.4 Å². The predicted molar refractivity (Wildman–Crippen MR) is 114 cm³/mol. The maximum absolute atomic E-state index is 14.8. The number of piperazine rings is 1. The average Bonchev–Trinajstić information content (AvgIpc) is 3.19. The number of amides is 1. The molecule has 3 aliphatic rings. The summed E-state index contributed by atoms with van der Waals surface area (Å²) in [5, 5.41) is 9.34. The van der Waals surface area contributed by atoms with Crippen LogP contribution in [0.4, 0.5) is 4.39 Å². The molecule has 0 aromatic heterocycles. The van der Waals surface area contributed by atoms with Gasteiger partial charge in [-0.25, -0.2) is 4.39 Å². The van der Waals surface area contributed by atoms with Crippen LogP contribution in [0, 0.1) is 11.7 Å². The highest BCUT2D eigenvalue weighted by atomic mass is 35.5. The molecule has 0 bridgehead atoms. The zero-order chi connectivity index (χ0) is 22.0. The van der Waals surface area contributed by atoms with Gasteiger partial charge >= 0.3 is 5.97 Å². The molecule has 9 heteroatoms. The Kier molecular flexibility index (Phi) is 7.11. The van der Waals surface area contributed by atoms with Gasteiger partial charge in [-0.05, 0) is 30.5 Å². The zero-order valence-electron chi connectivity index (χ0n) is 17.5. The van der Waals surface area contributed by atoms with Gasteiger partial charge in [-0.1, -0.05) is 17.7 Å². The fourth-order valence-corrected chi connectivity index (χ4v) is 5.26. The summed E-state index contributed by atoms with van der Waals surface area (Å²) in [5.41, 5.74) is 0.543. The van der Waals surface area contributed by atoms with E-state index in [1.54, 1.807) is 12.1 Å². The van der Waals surface area contributed by atoms with Gasteiger partial charge in [0.05, 0.1) is 12.5 Å². The summed E-state index contributed by atoms with van der Waals surface area (Å²) in [6, 6.07) is 5.06. The van der Waals surface area contributed by atoms with E-state index in [9.17, 15) is 14.0 Å². The molecule has 2 atom stereocenters. The quantitative estimate of drug-likeness (QED) is 0.734. The maximum atomic E-state index is 14.8. The summed E-state index contributed by atoms with van der Waals surface area (Å²) in [7, 11) is 0. The highest BCUT2D eigenvalue weighted by molar-refractivity contribution is 6.30. The number of carbonyl (C=O) groups is 2. The number of aliphatic carboxylic acids is 1. The molecule has 7 nitrogen and oxygen atoms in total. The maximum Gasteiger partial charge on any atom is 0.317 e. The molecule has 3 heterocycles. The van der Waals surface area contributed by atoms with Crippen molar-refractivity contribution < 1.29 is 23.8 Å². The number of benzene rings is 1. The molecule has 1 N–H and O–H groups in total. The molecule has 31 heavy (non-hydrogen) atoms. The van der Waals surface area contributed by atoms with Crippen LogP contribution in [0.15, 0.2) is 18.2 Å². The molecule has 0 saturated carbocycles. The van der Waals surface area contributed by atoms with Crippen LogP contribution in [-0.4, -0.2) is 96.8 Å². The van der Waals surface area contributed by atoms with Crippen LogP contribution in [0.2, 0.25) is 5.02 Å². The lowest BCUT2D eigenvalue weighted by Crippen LogP contribution is -2.52. The number of carboxylic acid groups (broad SMARTS) is 1. The number of halogens is 2. The van der Waals surface area contributed by atoms with Crippen molar-refractivity contribution in [2.75, 3.05) is 59.0 Å². The lowest BCUT2D eigenvalue weighted by molar-refractivity contribution is -0.140. The lowest BCUT2D eigenvalue weighted by atomic mass is 9.87. The Morgan fingerprint density at radius 2 is 1.84 bits per heavy atom. The predicted octanol–water partition coefficient (Wildman–Crippen LogP) is 1.90. The molecule has 3 saturated heterocycles. The van der Waals surface area contributed by atoms with Gasteiger partial charge in [-0.2, -0.15) is 0 Å². The van der Waals surface area contributed by atoms with Crippen LogP contribution in [0.5, 0.6) is 0 Å². The van der Waals surface area contributed by atoms with Crippen molar-refractivity contribution >= 4 is 23.5 Å². The van der Waals surface area contributed by atoms with Gasteiger partial charge < -0.3 is 14.7 Å². The number of likely N-dealkylation sites (tertiary alicyclic amines) is 1. The largest absolute Gasteiger partial charge is 0.480 e. The highest BCUT2D eigenvalue weighted by Crippen LogP contribution is 2.38. The van der Waals surface area contributed by atoms with Gasteiger partial charge in [0.2, 0.25) is 5.91 Å². The van der Waals surface area contributed by atoms with E-state index >= 15 is 0 Å². The second-order valence-electron chi connectivity index (χ2n) is 8.67.